The van der Waals surface area contributed by atoms with Crippen molar-refractivity contribution in [1.29, 1.82) is 0 Å². The number of methoxy groups -OCH3 is 1. The number of likely N-dealkylation sites (N-methyl/N-ethyl adjacent to an activating group) is 1. The Morgan fingerprint density at radius 3 is 2.70 bits per heavy atom. The van der Waals surface area contributed by atoms with E-state index in [-0.39, 0.29) is 6.04 Å². The first kappa shape index (κ1) is 15.4. The summed E-state index contributed by atoms with van der Waals surface area (Å²) in [6.45, 7) is 0. The molecule has 0 bridgehead atoms. The number of ether oxygens (including phenoxy) is 1. The van der Waals surface area contributed by atoms with Gasteiger partial charge in [-0.15, -0.1) is 0 Å². The van der Waals surface area contributed by atoms with Gasteiger partial charge in [0.05, 0.1) is 7.11 Å². The predicted molar refractivity (Wildman–Crippen MR) is 87.7 cm³/mol. The molecule has 0 aliphatic carbocycles. The third kappa shape index (κ3) is 3.75. The number of hydrogen-bond acceptors (Lipinski definition) is 2. The predicted octanol–water partition coefficient (Wildman–Crippen LogP) is 4.61. The quantitative estimate of drug-likeness (QED) is 0.846. The number of rotatable bonds is 5. The molecule has 2 rings (SSSR count). The SMILES string of the molecule is CNC(Cc1cccc(Br)c1)c1cc(Cl)ccc1OC. The molecule has 1 atom stereocenters. The second-order valence-corrected chi connectivity index (χ2v) is 5.91. The number of benzene rings is 2. The molecule has 0 aliphatic rings. The van der Waals surface area contributed by atoms with E-state index in [1.165, 1.54) is 5.56 Å². The Balaban J connectivity index is 2.30. The molecule has 0 spiro atoms. The fourth-order valence-corrected chi connectivity index (χ4v) is 2.87. The molecule has 2 nitrogen and oxygen atoms in total. The van der Waals surface area contributed by atoms with Crippen molar-refractivity contribution >= 4 is 27.5 Å². The summed E-state index contributed by atoms with van der Waals surface area (Å²) in [5.74, 6) is 0.851. The standard InChI is InChI=1S/C16H17BrClNO/c1-19-15(9-11-4-3-5-12(17)8-11)14-10-13(18)6-7-16(14)20-2/h3-8,10,15,19H,9H2,1-2H3. The molecule has 0 amide bonds. The highest BCUT2D eigenvalue weighted by molar-refractivity contribution is 9.10. The lowest BCUT2D eigenvalue weighted by Gasteiger charge is -2.20. The molecule has 0 aliphatic heterocycles. The van der Waals surface area contributed by atoms with Crippen LogP contribution in [0.3, 0.4) is 0 Å². The lowest BCUT2D eigenvalue weighted by atomic mass is 9.98. The van der Waals surface area contributed by atoms with E-state index >= 15 is 0 Å². The normalized spacial score (nSPS) is 12.2. The average molecular weight is 355 g/mol. The van der Waals surface area contributed by atoms with Crippen LogP contribution in [0.25, 0.3) is 0 Å². The summed E-state index contributed by atoms with van der Waals surface area (Å²) >= 11 is 9.62. The average Bonchev–Trinajstić information content (AvgIpc) is 2.45. The molecule has 2 aromatic rings. The highest BCUT2D eigenvalue weighted by Gasteiger charge is 2.15. The van der Waals surface area contributed by atoms with Gasteiger partial charge in [0, 0.05) is 21.1 Å². The molecule has 0 heterocycles. The number of nitrogens with one attached hydrogen (secondary N) is 1. The first-order chi connectivity index (χ1) is 9.63. The van der Waals surface area contributed by atoms with Crippen molar-refractivity contribution in [1.82, 2.24) is 5.32 Å². The van der Waals surface area contributed by atoms with E-state index in [1.54, 1.807) is 7.11 Å². The van der Waals surface area contributed by atoms with Crippen LogP contribution in [-0.4, -0.2) is 14.2 Å². The third-order valence-corrected chi connectivity index (χ3v) is 3.97. The van der Waals surface area contributed by atoms with Gasteiger partial charge in [0.1, 0.15) is 5.75 Å². The van der Waals surface area contributed by atoms with Gasteiger partial charge in [-0.25, -0.2) is 0 Å². The van der Waals surface area contributed by atoms with E-state index < -0.39 is 0 Å². The molecule has 106 valence electrons. The van der Waals surface area contributed by atoms with Gasteiger partial charge in [-0.1, -0.05) is 39.7 Å². The monoisotopic (exact) mass is 353 g/mol. The summed E-state index contributed by atoms with van der Waals surface area (Å²) in [6, 6.07) is 14.2. The minimum absolute atomic E-state index is 0.151. The van der Waals surface area contributed by atoms with Gasteiger partial charge in [-0.3, -0.25) is 0 Å². The minimum Gasteiger partial charge on any atom is -0.496 e. The van der Waals surface area contributed by atoms with Crippen molar-refractivity contribution in [3.63, 3.8) is 0 Å². The van der Waals surface area contributed by atoms with E-state index in [2.05, 4.69) is 33.4 Å². The second kappa shape index (κ2) is 7.11. The molecule has 0 saturated heterocycles. The van der Waals surface area contributed by atoms with Gasteiger partial charge in [0.2, 0.25) is 0 Å². The molecule has 4 heteroatoms. The molecule has 1 N–H and O–H groups in total. The Morgan fingerprint density at radius 1 is 1.25 bits per heavy atom. The highest BCUT2D eigenvalue weighted by Crippen LogP contribution is 2.30. The summed E-state index contributed by atoms with van der Waals surface area (Å²) < 4.78 is 6.52. The lowest BCUT2D eigenvalue weighted by molar-refractivity contribution is 0.401. The first-order valence-corrected chi connectivity index (χ1v) is 7.56. The van der Waals surface area contributed by atoms with E-state index in [0.717, 1.165) is 27.2 Å². The van der Waals surface area contributed by atoms with E-state index in [4.69, 9.17) is 16.3 Å². The van der Waals surface area contributed by atoms with Crippen molar-refractivity contribution in [3.05, 3.63) is 63.1 Å². The molecular weight excluding hydrogens is 338 g/mol. The second-order valence-electron chi connectivity index (χ2n) is 4.56. The zero-order valence-corrected chi connectivity index (χ0v) is 13.8. The van der Waals surface area contributed by atoms with Crippen molar-refractivity contribution in [2.24, 2.45) is 0 Å². The number of halogens is 2. The van der Waals surface area contributed by atoms with Crippen LogP contribution in [0.1, 0.15) is 17.2 Å². The Kier molecular flexibility index (Phi) is 5.46. The van der Waals surface area contributed by atoms with Crippen molar-refractivity contribution in [2.75, 3.05) is 14.2 Å². The largest absolute Gasteiger partial charge is 0.496 e. The van der Waals surface area contributed by atoms with Crippen LogP contribution in [0.2, 0.25) is 5.02 Å². The van der Waals surface area contributed by atoms with Crippen molar-refractivity contribution < 1.29 is 4.74 Å². The van der Waals surface area contributed by atoms with Gasteiger partial charge in [-0.05, 0) is 49.4 Å². The Labute approximate surface area is 133 Å². The molecule has 0 fully saturated rings. The maximum absolute atomic E-state index is 6.11. The topological polar surface area (TPSA) is 21.3 Å². The fraction of sp³-hybridized carbons (Fsp3) is 0.250. The molecule has 2 aromatic carbocycles. The van der Waals surface area contributed by atoms with E-state index in [0.29, 0.717) is 0 Å². The van der Waals surface area contributed by atoms with Crippen LogP contribution in [0, 0.1) is 0 Å². The van der Waals surface area contributed by atoms with Crippen molar-refractivity contribution in [2.45, 2.75) is 12.5 Å². The third-order valence-electron chi connectivity index (χ3n) is 3.24. The molecule has 20 heavy (non-hydrogen) atoms. The number of hydrogen-bond donors (Lipinski definition) is 1. The Morgan fingerprint density at radius 2 is 2.05 bits per heavy atom. The Hall–Kier alpha value is -1.03. The van der Waals surface area contributed by atoms with E-state index in [1.807, 2.05) is 37.4 Å². The lowest BCUT2D eigenvalue weighted by Crippen LogP contribution is -2.19. The summed E-state index contributed by atoms with van der Waals surface area (Å²) in [5, 5.41) is 4.05. The highest BCUT2D eigenvalue weighted by atomic mass is 79.9. The molecule has 0 radical (unpaired) electrons. The summed E-state index contributed by atoms with van der Waals surface area (Å²) in [5.41, 5.74) is 2.32. The van der Waals surface area contributed by atoms with Gasteiger partial charge < -0.3 is 10.1 Å². The van der Waals surface area contributed by atoms with Crippen LogP contribution in [0.5, 0.6) is 5.75 Å². The van der Waals surface area contributed by atoms with Gasteiger partial charge >= 0.3 is 0 Å². The smallest absolute Gasteiger partial charge is 0.123 e. The minimum atomic E-state index is 0.151. The summed E-state index contributed by atoms with van der Waals surface area (Å²) in [4.78, 5) is 0. The zero-order valence-electron chi connectivity index (χ0n) is 11.5. The van der Waals surface area contributed by atoms with Crippen LogP contribution >= 0.6 is 27.5 Å². The molecule has 0 aromatic heterocycles. The van der Waals surface area contributed by atoms with Crippen LogP contribution in [-0.2, 0) is 6.42 Å². The van der Waals surface area contributed by atoms with Crippen LogP contribution in [0.15, 0.2) is 46.9 Å². The molecule has 0 saturated carbocycles. The first-order valence-electron chi connectivity index (χ1n) is 6.39. The van der Waals surface area contributed by atoms with E-state index in [9.17, 15) is 0 Å². The fourth-order valence-electron chi connectivity index (χ4n) is 2.24. The molecule has 1 unspecified atom stereocenters. The van der Waals surface area contributed by atoms with Gasteiger partial charge in [0.15, 0.2) is 0 Å². The summed E-state index contributed by atoms with van der Waals surface area (Å²) in [7, 11) is 3.63. The van der Waals surface area contributed by atoms with Crippen LogP contribution in [0.4, 0.5) is 0 Å². The van der Waals surface area contributed by atoms with Gasteiger partial charge in [0.25, 0.3) is 0 Å². The Bertz CT molecular complexity index is 588. The maximum Gasteiger partial charge on any atom is 0.123 e. The summed E-state index contributed by atoms with van der Waals surface area (Å²) in [6.07, 6.45) is 0.868. The maximum atomic E-state index is 6.11. The van der Waals surface area contributed by atoms with Gasteiger partial charge in [-0.2, -0.15) is 0 Å². The van der Waals surface area contributed by atoms with Crippen molar-refractivity contribution in [3.8, 4) is 5.75 Å². The van der Waals surface area contributed by atoms with Crippen LogP contribution < -0.4 is 10.1 Å². The molecular formula is C16H17BrClNO. The zero-order chi connectivity index (χ0) is 14.5.